The van der Waals surface area contributed by atoms with E-state index in [-0.39, 0.29) is 0 Å². The summed E-state index contributed by atoms with van der Waals surface area (Å²) in [5, 5.41) is 3.49. The zero-order chi connectivity index (χ0) is 14.5. The summed E-state index contributed by atoms with van der Waals surface area (Å²) in [6, 6.07) is 0.622. The maximum Gasteiger partial charge on any atom is 0.00103 e. The second-order valence-corrected chi connectivity index (χ2v) is 5.63. The molecule has 0 atom stereocenters. The Labute approximate surface area is 121 Å². The van der Waals surface area contributed by atoms with Crippen molar-refractivity contribution in [3.63, 3.8) is 0 Å². The van der Waals surface area contributed by atoms with E-state index in [1.165, 1.54) is 58.5 Å². The molecule has 0 fully saturated rings. The lowest BCUT2D eigenvalue weighted by atomic mass is 10.2. The van der Waals surface area contributed by atoms with Crippen LogP contribution in [0.25, 0.3) is 0 Å². The largest absolute Gasteiger partial charge is 0.315 e. The lowest BCUT2D eigenvalue weighted by molar-refractivity contribution is 0.240. The van der Waals surface area contributed by atoms with Crippen LogP contribution in [-0.2, 0) is 0 Å². The Bertz CT molecular complexity index is 179. The molecule has 0 saturated heterocycles. The summed E-state index contributed by atoms with van der Waals surface area (Å²) in [5.41, 5.74) is 0. The minimum absolute atomic E-state index is 0.622. The van der Waals surface area contributed by atoms with E-state index in [9.17, 15) is 0 Å². The van der Waals surface area contributed by atoms with Gasteiger partial charge in [0.1, 0.15) is 0 Å². The van der Waals surface area contributed by atoms with E-state index in [4.69, 9.17) is 0 Å². The quantitative estimate of drug-likeness (QED) is 0.520. The zero-order valence-electron chi connectivity index (χ0n) is 14.0. The summed E-state index contributed by atoms with van der Waals surface area (Å²) >= 11 is 0. The second kappa shape index (κ2) is 12.9. The van der Waals surface area contributed by atoms with Gasteiger partial charge in [0, 0.05) is 6.04 Å². The molecular weight excluding hydrogens is 234 g/mol. The van der Waals surface area contributed by atoms with Crippen LogP contribution in [0.4, 0.5) is 0 Å². The van der Waals surface area contributed by atoms with Gasteiger partial charge < -0.3 is 15.1 Å². The predicted octanol–water partition coefficient (Wildman–Crippen LogP) is 2.82. The highest BCUT2D eigenvalue weighted by Gasteiger charge is 2.04. The van der Waals surface area contributed by atoms with Crippen molar-refractivity contribution >= 4 is 0 Å². The van der Waals surface area contributed by atoms with E-state index in [1.54, 1.807) is 0 Å². The highest BCUT2D eigenvalue weighted by Crippen LogP contribution is 1.99. The first-order valence-corrected chi connectivity index (χ1v) is 8.32. The lowest BCUT2D eigenvalue weighted by Gasteiger charge is -2.23. The number of rotatable bonds is 13. The third kappa shape index (κ3) is 11.4. The normalized spacial score (nSPS) is 12.0. The Morgan fingerprint density at radius 3 is 1.79 bits per heavy atom. The molecule has 0 aromatic rings. The second-order valence-electron chi connectivity index (χ2n) is 5.63. The minimum atomic E-state index is 0.622. The fourth-order valence-corrected chi connectivity index (χ4v) is 2.34. The first-order chi connectivity index (χ1) is 9.13. The van der Waals surface area contributed by atoms with E-state index in [0.717, 1.165) is 6.54 Å². The third-order valence-corrected chi connectivity index (χ3v) is 3.74. The molecule has 0 rings (SSSR count). The number of hydrogen-bond acceptors (Lipinski definition) is 3. The van der Waals surface area contributed by atoms with Crippen molar-refractivity contribution in [1.29, 1.82) is 0 Å². The van der Waals surface area contributed by atoms with Crippen LogP contribution in [0.15, 0.2) is 0 Å². The van der Waals surface area contributed by atoms with Gasteiger partial charge in [-0.15, -0.1) is 0 Å². The number of unbranched alkanes of at least 4 members (excludes halogenated alkanes) is 1. The molecule has 0 aromatic carbocycles. The Morgan fingerprint density at radius 2 is 1.26 bits per heavy atom. The molecule has 116 valence electrons. The van der Waals surface area contributed by atoms with E-state index in [0.29, 0.717) is 6.04 Å². The van der Waals surface area contributed by atoms with Crippen LogP contribution in [0, 0.1) is 0 Å². The SMILES string of the molecule is CCN(CC)CCCN(CC)CCCCNC(C)C. The Balaban J connectivity index is 3.54. The highest BCUT2D eigenvalue weighted by molar-refractivity contribution is 4.60. The van der Waals surface area contributed by atoms with Crippen LogP contribution in [0.5, 0.6) is 0 Å². The number of hydrogen-bond donors (Lipinski definition) is 1. The van der Waals surface area contributed by atoms with Crippen LogP contribution in [-0.4, -0.2) is 61.7 Å². The Hall–Kier alpha value is -0.120. The number of nitrogens with one attached hydrogen (secondary N) is 1. The van der Waals surface area contributed by atoms with E-state index >= 15 is 0 Å². The van der Waals surface area contributed by atoms with Crippen molar-refractivity contribution in [1.82, 2.24) is 15.1 Å². The van der Waals surface area contributed by atoms with Crippen molar-refractivity contribution in [2.24, 2.45) is 0 Å². The van der Waals surface area contributed by atoms with Crippen LogP contribution in [0.2, 0.25) is 0 Å². The maximum atomic E-state index is 3.49. The van der Waals surface area contributed by atoms with E-state index in [2.05, 4.69) is 49.7 Å². The summed E-state index contributed by atoms with van der Waals surface area (Å²) in [4.78, 5) is 5.11. The van der Waals surface area contributed by atoms with Crippen LogP contribution in [0.3, 0.4) is 0 Å². The standard InChI is InChI=1S/C16H37N3/c1-6-18(7-2)14-11-15-19(8-3)13-10-9-12-17-16(4)5/h16-17H,6-15H2,1-5H3. The molecule has 3 nitrogen and oxygen atoms in total. The molecule has 0 aromatic heterocycles. The molecule has 19 heavy (non-hydrogen) atoms. The average molecular weight is 271 g/mol. The Kier molecular flexibility index (Phi) is 12.8. The average Bonchev–Trinajstić information content (AvgIpc) is 2.40. The zero-order valence-corrected chi connectivity index (χ0v) is 14.0. The molecule has 0 aliphatic carbocycles. The molecular formula is C16H37N3. The van der Waals surface area contributed by atoms with Crippen molar-refractivity contribution in [2.75, 3.05) is 45.8 Å². The molecule has 0 heterocycles. The highest BCUT2D eigenvalue weighted by atomic mass is 15.1. The smallest absolute Gasteiger partial charge is 0.00103 e. The molecule has 0 aliphatic rings. The van der Waals surface area contributed by atoms with Gasteiger partial charge in [-0.3, -0.25) is 0 Å². The summed E-state index contributed by atoms with van der Waals surface area (Å²) in [5.74, 6) is 0. The van der Waals surface area contributed by atoms with E-state index in [1.807, 2.05) is 0 Å². The minimum Gasteiger partial charge on any atom is -0.315 e. The van der Waals surface area contributed by atoms with Crippen molar-refractivity contribution in [3.05, 3.63) is 0 Å². The molecule has 0 spiro atoms. The third-order valence-electron chi connectivity index (χ3n) is 3.74. The van der Waals surface area contributed by atoms with Gasteiger partial charge in [0.05, 0.1) is 0 Å². The van der Waals surface area contributed by atoms with Gasteiger partial charge in [-0.1, -0.05) is 34.6 Å². The maximum absolute atomic E-state index is 3.49. The molecule has 0 aliphatic heterocycles. The molecule has 0 amide bonds. The van der Waals surface area contributed by atoms with Gasteiger partial charge in [0.2, 0.25) is 0 Å². The molecule has 0 bridgehead atoms. The molecule has 1 N–H and O–H groups in total. The monoisotopic (exact) mass is 271 g/mol. The Morgan fingerprint density at radius 1 is 0.737 bits per heavy atom. The summed E-state index contributed by atoms with van der Waals surface area (Å²) < 4.78 is 0. The fraction of sp³-hybridized carbons (Fsp3) is 1.00. The van der Waals surface area contributed by atoms with Gasteiger partial charge >= 0.3 is 0 Å². The van der Waals surface area contributed by atoms with Crippen LogP contribution < -0.4 is 5.32 Å². The predicted molar refractivity (Wildman–Crippen MR) is 86.9 cm³/mol. The van der Waals surface area contributed by atoms with Crippen LogP contribution >= 0.6 is 0 Å². The number of nitrogens with zero attached hydrogens (tertiary/aromatic N) is 2. The fourth-order valence-electron chi connectivity index (χ4n) is 2.34. The van der Waals surface area contributed by atoms with Gasteiger partial charge in [-0.25, -0.2) is 0 Å². The summed E-state index contributed by atoms with van der Waals surface area (Å²) in [7, 11) is 0. The van der Waals surface area contributed by atoms with Gasteiger partial charge in [-0.2, -0.15) is 0 Å². The van der Waals surface area contributed by atoms with Gasteiger partial charge in [-0.05, 0) is 65.1 Å². The van der Waals surface area contributed by atoms with Crippen molar-refractivity contribution < 1.29 is 0 Å². The van der Waals surface area contributed by atoms with Crippen LogP contribution in [0.1, 0.15) is 53.9 Å². The lowest BCUT2D eigenvalue weighted by Crippen LogP contribution is -2.31. The first-order valence-electron chi connectivity index (χ1n) is 8.32. The topological polar surface area (TPSA) is 18.5 Å². The summed E-state index contributed by atoms with van der Waals surface area (Å²) in [6.07, 6.45) is 3.92. The molecule has 0 unspecified atom stereocenters. The van der Waals surface area contributed by atoms with Crippen molar-refractivity contribution in [3.8, 4) is 0 Å². The molecule has 0 radical (unpaired) electrons. The first kappa shape index (κ1) is 18.9. The summed E-state index contributed by atoms with van der Waals surface area (Å²) in [6.45, 7) is 19.7. The van der Waals surface area contributed by atoms with Gasteiger partial charge in [0.15, 0.2) is 0 Å². The van der Waals surface area contributed by atoms with Crippen molar-refractivity contribution in [2.45, 2.75) is 59.9 Å². The molecule has 3 heteroatoms. The van der Waals surface area contributed by atoms with Gasteiger partial charge in [0.25, 0.3) is 0 Å². The van der Waals surface area contributed by atoms with E-state index < -0.39 is 0 Å². The molecule has 0 saturated carbocycles.